The van der Waals surface area contributed by atoms with Gasteiger partial charge in [-0.3, -0.25) is 9.59 Å². The second-order valence-electron chi connectivity index (χ2n) is 13.3. The Morgan fingerprint density at radius 2 is 1.11 bits per heavy atom. The van der Waals surface area contributed by atoms with Crippen molar-refractivity contribution in [1.82, 2.24) is 10.6 Å². The summed E-state index contributed by atoms with van der Waals surface area (Å²) < 4.78 is 11.0. The average molecular weight is 659 g/mol. The molecule has 0 aromatic rings. The Balaban J connectivity index is 2.43. The lowest BCUT2D eigenvalue weighted by molar-refractivity contribution is -0.301. The second-order valence-corrected chi connectivity index (χ2v) is 13.3. The van der Waals surface area contributed by atoms with Gasteiger partial charge in [-0.1, -0.05) is 142 Å². The van der Waals surface area contributed by atoms with Crippen molar-refractivity contribution in [2.45, 2.75) is 198 Å². The second kappa shape index (κ2) is 28.7. The monoisotopic (exact) mass is 659 g/mol. The number of hydrogen-bond donors (Lipinski definition) is 6. The van der Waals surface area contributed by atoms with E-state index >= 15 is 0 Å². The number of amides is 2. The molecule has 1 heterocycles. The molecule has 10 nitrogen and oxygen atoms in total. The highest BCUT2D eigenvalue weighted by Gasteiger charge is 2.44. The lowest BCUT2D eigenvalue weighted by atomic mass is 9.99. The zero-order valence-corrected chi connectivity index (χ0v) is 29.3. The SMILES string of the molecule is CCCCCCCCCCCCCNC(=O)[C@H](CO[C@H]1O[C@H](CO)[C@H](O)[C@H](O)[C@H]1O)NC(=O)CCCCCCCCCCCCC. The van der Waals surface area contributed by atoms with Crippen LogP contribution < -0.4 is 10.6 Å². The van der Waals surface area contributed by atoms with Gasteiger partial charge in [0.15, 0.2) is 6.29 Å². The first-order chi connectivity index (χ1) is 22.3. The minimum Gasteiger partial charge on any atom is -0.394 e. The number of carbonyl (C=O) groups excluding carboxylic acids is 2. The molecule has 0 unspecified atom stereocenters. The molecule has 0 radical (unpaired) electrons. The van der Waals surface area contributed by atoms with Crippen molar-refractivity contribution in [3.8, 4) is 0 Å². The predicted octanol–water partition coefficient (Wildman–Crippen LogP) is 5.42. The number of rotatable bonds is 30. The molecule has 272 valence electrons. The Hall–Kier alpha value is -1.30. The van der Waals surface area contributed by atoms with Crippen LogP contribution in [-0.2, 0) is 19.1 Å². The number of aliphatic hydroxyl groups excluding tert-OH is 4. The number of nitrogens with one attached hydrogen (secondary N) is 2. The molecule has 0 spiro atoms. The van der Waals surface area contributed by atoms with E-state index in [-0.39, 0.29) is 18.4 Å². The van der Waals surface area contributed by atoms with Crippen molar-refractivity contribution in [3.05, 3.63) is 0 Å². The van der Waals surface area contributed by atoms with E-state index in [1.165, 1.54) is 103 Å². The Morgan fingerprint density at radius 1 is 0.652 bits per heavy atom. The molecule has 1 fully saturated rings. The van der Waals surface area contributed by atoms with Gasteiger partial charge in [0.1, 0.15) is 30.5 Å². The summed E-state index contributed by atoms with van der Waals surface area (Å²) in [6.07, 6.45) is 19.5. The molecule has 0 aromatic heterocycles. The maximum absolute atomic E-state index is 13.1. The van der Waals surface area contributed by atoms with Crippen LogP contribution in [0.1, 0.15) is 162 Å². The lowest BCUT2D eigenvalue weighted by Gasteiger charge is -2.39. The van der Waals surface area contributed by atoms with Crippen LogP contribution in [0.15, 0.2) is 0 Å². The molecule has 0 aromatic carbocycles. The van der Waals surface area contributed by atoms with Crippen molar-refractivity contribution >= 4 is 11.8 Å². The molecule has 0 bridgehead atoms. The number of ether oxygens (including phenoxy) is 2. The van der Waals surface area contributed by atoms with E-state index in [0.29, 0.717) is 13.0 Å². The maximum Gasteiger partial charge on any atom is 0.244 e. The molecule has 1 rings (SSSR count). The summed E-state index contributed by atoms with van der Waals surface area (Å²) in [5.41, 5.74) is 0. The molecule has 2 amide bonds. The van der Waals surface area contributed by atoms with E-state index in [0.717, 1.165) is 38.5 Å². The third-order valence-corrected chi connectivity index (χ3v) is 9.01. The first-order valence-electron chi connectivity index (χ1n) is 18.8. The summed E-state index contributed by atoms with van der Waals surface area (Å²) in [6.45, 7) is 4.08. The average Bonchev–Trinajstić information content (AvgIpc) is 3.05. The van der Waals surface area contributed by atoms with Crippen LogP contribution in [0.2, 0.25) is 0 Å². The molecule has 6 atom stereocenters. The third-order valence-electron chi connectivity index (χ3n) is 9.01. The van der Waals surface area contributed by atoms with Crippen LogP contribution in [-0.4, -0.2) is 88.7 Å². The van der Waals surface area contributed by atoms with Crippen molar-refractivity contribution in [1.29, 1.82) is 0 Å². The molecule has 1 aliphatic heterocycles. The largest absolute Gasteiger partial charge is 0.394 e. The van der Waals surface area contributed by atoms with Gasteiger partial charge >= 0.3 is 0 Å². The highest BCUT2D eigenvalue weighted by Crippen LogP contribution is 2.22. The summed E-state index contributed by atoms with van der Waals surface area (Å²) in [5.74, 6) is -0.632. The van der Waals surface area contributed by atoms with E-state index < -0.39 is 43.4 Å². The summed E-state index contributed by atoms with van der Waals surface area (Å²) >= 11 is 0. The van der Waals surface area contributed by atoms with Gasteiger partial charge < -0.3 is 40.5 Å². The molecule has 0 aliphatic carbocycles. The van der Waals surface area contributed by atoms with Crippen LogP contribution in [0, 0.1) is 0 Å². The van der Waals surface area contributed by atoms with Crippen LogP contribution in [0.25, 0.3) is 0 Å². The van der Waals surface area contributed by atoms with Crippen LogP contribution in [0.4, 0.5) is 0 Å². The van der Waals surface area contributed by atoms with Crippen molar-refractivity contribution in [2.75, 3.05) is 19.8 Å². The van der Waals surface area contributed by atoms with Gasteiger partial charge in [-0.15, -0.1) is 0 Å². The van der Waals surface area contributed by atoms with Gasteiger partial charge in [0, 0.05) is 13.0 Å². The fourth-order valence-corrected chi connectivity index (χ4v) is 5.92. The number of carbonyl (C=O) groups is 2. The highest BCUT2D eigenvalue weighted by molar-refractivity contribution is 5.87. The van der Waals surface area contributed by atoms with Crippen LogP contribution in [0.5, 0.6) is 0 Å². The van der Waals surface area contributed by atoms with Crippen molar-refractivity contribution < 1.29 is 39.5 Å². The summed E-state index contributed by atoms with van der Waals surface area (Å²) in [4.78, 5) is 25.8. The Morgan fingerprint density at radius 3 is 1.59 bits per heavy atom. The van der Waals surface area contributed by atoms with E-state index in [2.05, 4.69) is 24.5 Å². The van der Waals surface area contributed by atoms with Crippen molar-refractivity contribution in [2.24, 2.45) is 0 Å². The van der Waals surface area contributed by atoms with E-state index in [9.17, 15) is 30.0 Å². The van der Waals surface area contributed by atoms with E-state index in [1.807, 2.05) is 0 Å². The molecule has 10 heteroatoms. The number of hydrogen-bond acceptors (Lipinski definition) is 8. The Labute approximate surface area is 279 Å². The van der Waals surface area contributed by atoms with Gasteiger partial charge in [0.05, 0.1) is 13.2 Å². The fraction of sp³-hybridized carbons (Fsp3) is 0.944. The van der Waals surface area contributed by atoms with Crippen LogP contribution >= 0.6 is 0 Å². The minimum atomic E-state index is -1.58. The van der Waals surface area contributed by atoms with E-state index in [1.54, 1.807) is 0 Å². The summed E-state index contributed by atoms with van der Waals surface area (Å²) in [6, 6.07) is -1.01. The molecule has 1 saturated heterocycles. The van der Waals surface area contributed by atoms with Gasteiger partial charge in [-0.05, 0) is 12.8 Å². The van der Waals surface area contributed by atoms with Crippen molar-refractivity contribution in [3.63, 3.8) is 0 Å². The van der Waals surface area contributed by atoms with Crippen LogP contribution in [0.3, 0.4) is 0 Å². The zero-order chi connectivity index (χ0) is 33.8. The summed E-state index contributed by atoms with van der Waals surface area (Å²) in [7, 11) is 0. The standard InChI is InChI=1S/C36H70N2O8/c1-3-5-7-9-11-13-15-17-19-21-23-25-31(40)38-29(28-45-36-34(43)33(42)32(41)30(27-39)46-36)35(44)37-26-24-22-20-18-16-14-12-10-8-6-4-2/h29-30,32-34,36,39,41-43H,3-28H2,1-2H3,(H,37,44)(H,38,40)/t29-,30+,32-,33-,34+,36-/m0/s1. The topological polar surface area (TPSA) is 158 Å². The zero-order valence-electron chi connectivity index (χ0n) is 29.3. The maximum atomic E-state index is 13.1. The first kappa shape index (κ1) is 42.7. The highest BCUT2D eigenvalue weighted by atomic mass is 16.7. The normalized spacial score (nSPS) is 22.1. The number of unbranched alkanes of at least 4 members (excludes halogenated alkanes) is 20. The molecular formula is C36H70N2O8. The molecular weight excluding hydrogens is 588 g/mol. The van der Waals surface area contributed by atoms with Gasteiger partial charge in [-0.2, -0.15) is 0 Å². The molecule has 1 aliphatic rings. The lowest BCUT2D eigenvalue weighted by Crippen LogP contribution is -2.60. The summed E-state index contributed by atoms with van der Waals surface area (Å²) in [5, 5.41) is 45.6. The van der Waals surface area contributed by atoms with Gasteiger partial charge in [-0.25, -0.2) is 0 Å². The third kappa shape index (κ3) is 20.2. The smallest absolute Gasteiger partial charge is 0.244 e. The number of aliphatic hydroxyl groups is 4. The fourth-order valence-electron chi connectivity index (χ4n) is 5.92. The van der Waals surface area contributed by atoms with E-state index in [4.69, 9.17) is 9.47 Å². The Kier molecular flexibility index (Phi) is 26.6. The molecule has 6 N–H and O–H groups in total. The minimum absolute atomic E-state index is 0.247. The van der Waals surface area contributed by atoms with Gasteiger partial charge in [0.25, 0.3) is 0 Å². The Bertz CT molecular complexity index is 741. The first-order valence-corrected chi connectivity index (χ1v) is 18.8. The molecule has 0 saturated carbocycles. The molecule has 46 heavy (non-hydrogen) atoms. The quantitative estimate of drug-likeness (QED) is 0.0559. The predicted molar refractivity (Wildman–Crippen MR) is 182 cm³/mol. The van der Waals surface area contributed by atoms with Gasteiger partial charge in [0.2, 0.25) is 11.8 Å².